The molecule has 0 heterocycles. The van der Waals surface area contributed by atoms with Gasteiger partial charge in [-0.3, -0.25) is 4.79 Å². The maximum Gasteiger partial charge on any atom is 0.394 e. The predicted octanol–water partition coefficient (Wildman–Crippen LogP) is 1.15. The fourth-order valence-electron chi connectivity index (χ4n) is 1.08. The lowest BCUT2D eigenvalue weighted by molar-refractivity contribution is -0.147. The van der Waals surface area contributed by atoms with E-state index in [2.05, 4.69) is 10.1 Å². The normalized spacial score (nSPS) is 9.53. The molecular formula is C10H8ClNO5. The van der Waals surface area contributed by atoms with Gasteiger partial charge in [-0.25, -0.2) is 9.59 Å². The molecule has 1 aromatic carbocycles. The van der Waals surface area contributed by atoms with Crippen molar-refractivity contribution in [3.05, 3.63) is 28.8 Å². The van der Waals surface area contributed by atoms with Crippen molar-refractivity contribution >= 4 is 35.1 Å². The van der Waals surface area contributed by atoms with Gasteiger partial charge in [-0.05, 0) is 18.2 Å². The first-order valence-electron chi connectivity index (χ1n) is 4.38. The van der Waals surface area contributed by atoms with Crippen LogP contribution >= 0.6 is 11.6 Å². The Bertz CT molecular complexity index is 486. The molecule has 0 spiro atoms. The zero-order valence-electron chi connectivity index (χ0n) is 8.69. The van der Waals surface area contributed by atoms with Crippen LogP contribution in [0.3, 0.4) is 0 Å². The van der Waals surface area contributed by atoms with Crippen molar-refractivity contribution < 1.29 is 24.2 Å². The predicted molar refractivity (Wildman–Crippen MR) is 59.1 cm³/mol. The molecule has 6 nitrogen and oxygen atoms in total. The second kappa shape index (κ2) is 5.31. The summed E-state index contributed by atoms with van der Waals surface area (Å²) >= 11 is 5.68. The van der Waals surface area contributed by atoms with Gasteiger partial charge in [-0.15, -0.1) is 0 Å². The molecule has 1 aromatic rings. The minimum absolute atomic E-state index is 0.0189. The van der Waals surface area contributed by atoms with Crippen LogP contribution in [0.25, 0.3) is 0 Å². The molecule has 0 bridgehead atoms. The molecule has 0 aliphatic heterocycles. The summed E-state index contributed by atoms with van der Waals surface area (Å²) in [5.74, 6) is -3.64. The van der Waals surface area contributed by atoms with Gasteiger partial charge in [0.25, 0.3) is 0 Å². The van der Waals surface area contributed by atoms with Crippen LogP contribution in [0.2, 0.25) is 5.02 Å². The third-order valence-corrected chi connectivity index (χ3v) is 2.06. The van der Waals surface area contributed by atoms with E-state index >= 15 is 0 Å². The Hall–Kier alpha value is -2.08. The summed E-state index contributed by atoms with van der Waals surface area (Å²) in [6.07, 6.45) is 0. The molecule has 0 fully saturated rings. The van der Waals surface area contributed by atoms with E-state index in [0.717, 1.165) is 7.11 Å². The second-order valence-electron chi connectivity index (χ2n) is 2.94. The number of carboxylic acid groups (broad SMARTS) is 1. The van der Waals surface area contributed by atoms with E-state index in [-0.39, 0.29) is 16.3 Å². The zero-order chi connectivity index (χ0) is 13.0. The first kappa shape index (κ1) is 13.0. The summed E-state index contributed by atoms with van der Waals surface area (Å²) in [5, 5.41) is 10.7. The van der Waals surface area contributed by atoms with E-state index in [1.807, 2.05) is 0 Å². The molecule has 0 saturated carbocycles. The van der Waals surface area contributed by atoms with Gasteiger partial charge in [0.2, 0.25) is 0 Å². The van der Waals surface area contributed by atoms with Gasteiger partial charge < -0.3 is 15.2 Å². The number of carbonyl (C=O) groups is 3. The lowest BCUT2D eigenvalue weighted by atomic mass is 10.2. The number of ether oxygens (including phenoxy) is 1. The van der Waals surface area contributed by atoms with Crippen molar-refractivity contribution in [3.8, 4) is 0 Å². The average molecular weight is 258 g/mol. The number of carboxylic acids is 1. The first-order chi connectivity index (χ1) is 7.95. The minimum Gasteiger partial charge on any atom is -0.474 e. The van der Waals surface area contributed by atoms with Crippen LogP contribution in [0.15, 0.2) is 18.2 Å². The minimum atomic E-state index is -1.66. The van der Waals surface area contributed by atoms with E-state index in [1.165, 1.54) is 18.2 Å². The van der Waals surface area contributed by atoms with Crippen LogP contribution in [0, 0.1) is 0 Å². The molecule has 0 saturated heterocycles. The summed E-state index contributed by atoms with van der Waals surface area (Å²) in [7, 11) is 1.16. The number of rotatable bonds is 2. The van der Waals surface area contributed by atoms with Crippen LogP contribution < -0.4 is 5.32 Å². The molecule has 17 heavy (non-hydrogen) atoms. The summed E-state index contributed by atoms with van der Waals surface area (Å²) in [6, 6.07) is 3.99. The largest absolute Gasteiger partial charge is 0.474 e. The number of hydrogen-bond donors (Lipinski definition) is 2. The second-order valence-corrected chi connectivity index (χ2v) is 3.38. The van der Waals surface area contributed by atoms with Gasteiger partial charge in [0, 0.05) is 5.02 Å². The zero-order valence-corrected chi connectivity index (χ0v) is 9.45. The number of amides is 1. The average Bonchev–Trinajstić information content (AvgIpc) is 2.30. The molecule has 2 N–H and O–H groups in total. The summed E-state index contributed by atoms with van der Waals surface area (Å²) in [4.78, 5) is 32.7. The quantitative estimate of drug-likeness (QED) is 0.612. The van der Waals surface area contributed by atoms with Gasteiger partial charge in [0.15, 0.2) is 0 Å². The molecular weight excluding hydrogens is 250 g/mol. The van der Waals surface area contributed by atoms with Crippen molar-refractivity contribution in [2.75, 3.05) is 12.4 Å². The molecule has 1 rings (SSSR count). The Labute approximate surface area is 101 Å². The molecule has 0 aliphatic carbocycles. The smallest absolute Gasteiger partial charge is 0.394 e. The summed E-state index contributed by atoms with van der Waals surface area (Å²) < 4.78 is 4.48. The Morgan fingerprint density at radius 2 is 2.00 bits per heavy atom. The fraction of sp³-hybridized carbons (Fsp3) is 0.100. The highest BCUT2D eigenvalue weighted by Gasteiger charge is 2.17. The highest BCUT2D eigenvalue weighted by molar-refractivity contribution is 6.37. The van der Waals surface area contributed by atoms with E-state index in [9.17, 15) is 14.4 Å². The lowest BCUT2D eigenvalue weighted by Crippen LogP contribution is -2.23. The number of anilines is 1. The van der Waals surface area contributed by atoms with Crippen molar-refractivity contribution in [3.63, 3.8) is 0 Å². The van der Waals surface area contributed by atoms with E-state index in [1.54, 1.807) is 0 Å². The topological polar surface area (TPSA) is 92.7 Å². The Morgan fingerprint density at radius 3 is 2.53 bits per heavy atom. The molecule has 1 amide bonds. The van der Waals surface area contributed by atoms with E-state index in [0.29, 0.717) is 0 Å². The van der Waals surface area contributed by atoms with Crippen molar-refractivity contribution in [2.45, 2.75) is 0 Å². The van der Waals surface area contributed by atoms with Gasteiger partial charge in [-0.2, -0.15) is 0 Å². The van der Waals surface area contributed by atoms with Crippen LogP contribution in [0.5, 0.6) is 0 Å². The molecule has 0 radical (unpaired) electrons. The number of carbonyl (C=O) groups excluding carboxylic acids is 2. The number of esters is 1. The van der Waals surface area contributed by atoms with Crippen molar-refractivity contribution in [1.82, 2.24) is 0 Å². The number of methoxy groups -OCH3 is 1. The Kier molecular flexibility index (Phi) is 4.06. The monoisotopic (exact) mass is 257 g/mol. The molecule has 0 aromatic heterocycles. The van der Waals surface area contributed by atoms with Gasteiger partial charge in [-0.1, -0.05) is 11.6 Å². The van der Waals surface area contributed by atoms with Crippen LogP contribution in [-0.2, 0) is 14.3 Å². The van der Waals surface area contributed by atoms with Crippen LogP contribution in [-0.4, -0.2) is 30.1 Å². The standard InChI is InChI=1S/C10H8ClNO5/c1-17-10(16)6-4-5(11)2-3-7(6)12-8(13)9(14)15/h2-4H,1H3,(H,12,13)(H,14,15). The number of aliphatic carboxylic acids is 1. The fourth-order valence-corrected chi connectivity index (χ4v) is 1.25. The molecule has 90 valence electrons. The highest BCUT2D eigenvalue weighted by atomic mass is 35.5. The van der Waals surface area contributed by atoms with Crippen LogP contribution in [0.4, 0.5) is 5.69 Å². The Morgan fingerprint density at radius 1 is 1.35 bits per heavy atom. The number of halogens is 1. The van der Waals surface area contributed by atoms with Crippen molar-refractivity contribution in [1.29, 1.82) is 0 Å². The van der Waals surface area contributed by atoms with Crippen LogP contribution in [0.1, 0.15) is 10.4 Å². The van der Waals surface area contributed by atoms with E-state index in [4.69, 9.17) is 16.7 Å². The first-order valence-corrected chi connectivity index (χ1v) is 4.75. The number of benzene rings is 1. The number of hydrogen-bond acceptors (Lipinski definition) is 4. The molecule has 0 unspecified atom stereocenters. The van der Waals surface area contributed by atoms with Gasteiger partial charge >= 0.3 is 17.8 Å². The van der Waals surface area contributed by atoms with Crippen molar-refractivity contribution in [2.24, 2.45) is 0 Å². The number of nitrogens with one attached hydrogen (secondary N) is 1. The molecule has 0 aliphatic rings. The third kappa shape index (κ3) is 3.18. The maximum absolute atomic E-state index is 11.4. The SMILES string of the molecule is COC(=O)c1cc(Cl)ccc1NC(=O)C(=O)O. The van der Waals surface area contributed by atoms with Gasteiger partial charge in [0.05, 0.1) is 18.4 Å². The molecule has 7 heteroatoms. The third-order valence-electron chi connectivity index (χ3n) is 1.83. The summed E-state index contributed by atoms with van der Waals surface area (Å²) in [5.41, 5.74) is 0.00301. The Balaban J connectivity index is 3.10. The summed E-state index contributed by atoms with van der Waals surface area (Å²) in [6.45, 7) is 0. The lowest BCUT2D eigenvalue weighted by Gasteiger charge is -2.08. The maximum atomic E-state index is 11.4. The van der Waals surface area contributed by atoms with Gasteiger partial charge in [0.1, 0.15) is 0 Å². The molecule has 0 atom stereocenters. The highest BCUT2D eigenvalue weighted by Crippen LogP contribution is 2.21. The van der Waals surface area contributed by atoms with E-state index < -0.39 is 17.8 Å².